The molecule has 1 amide bonds. The van der Waals surface area contributed by atoms with Crippen molar-refractivity contribution in [3.63, 3.8) is 0 Å². The molecule has 2 N–H and O–H groups in total. The summed E-state index contributed by atoms with van der Waals surface area (Å²) in [7, 11) is 1.74. The van der Waals surface area contributed by atoms with Crippen molar-refractivity contribution in [1.82, 2.24) is 15.6 Å². The fourth-order valence-corrected chi connectivity index (χ4v) is 1.51. The predicted molar refractivity (Wildman–Crippen MR) is 75.5 cm³/mol. The fraction of sp³-hybridized carbons (Fsp3) is 0.538. The minimum atomic E-state index is -0.0217. The van der Waals surface area contributed by atoms with E-state index in [-0.39, 0.29) is 18.3 Å². The Morgan fingerprint density at radius 2 is 2.26 bits per heavy atom. The molecule has 0 radical (unpaired) electrons. The molecule has 0 saturated heterocycles. The van der Waals surface area contributed by atoms with Gasteiger partial charge in [0.2, 0.25) is 11.8 Å². The van der Waals surface area contributed by atoms with Gasteiger partial charge in [-0.2, -0.15) is 0 Å². The Morgan fingerprint density at radius 3 is 2.84 bits per heavy atom. The van der Waals surface area contributed by atoms with Gasteiger partial charge in [0.25, 0.3) is 0 Å². The molecular formula is C13H20ClN3O2. The molecule has 19 heavy (non-hydrogen) atoms. The number of hydrogen-bond donors (Lipinski definition) is 2. The number of ether oxygens (including phenoxy) is 1. The molecule has 0 unspecified atom stereocenters. The van der Waals surface area contributed by atoms with Gasteiger partial charge in [0.05, 0.1) is 13.2 Å². The summed E-state index contributed by atoms with van der Waals surface area (Å²) in [5, 5.41) is 5.60. The van der Waals surface area contributed by atoms with Gasteiger partial charge in [-0.15, -0.1) is 12.4 Å². The second-order valence-electron chi connectivity index (χ2n) is 4.57. The van der Waals surface area contributed by atoms with E-state index in [0.717, 1.165) is 18.1 Å². The van der Waals surface area contributed by atoms with Crippen LogP contribution in [0.15, 0.2) is 18.3 Å². The minimum absolute atomic E-state index is 0. The maximum atomic E-state index is 11.2. The lowest BCUT2D eigenvalue weighted by Gasteiger charge is -2.06. The molecule has 1 aromatic rings. The second kappa shape index (κ2) is 7.96. The fourth-order valence-electron chi connectivity index (χ4n) is 1.51. The largest absolute Gasteiger partial charge is 0.477 e. The average Bonchev–Trinajstić information content (AvgIpc) is 3.19. The Balaban J connectivity index is 0.00000180. The Labute approximate surface area is 119 Å². The standard InChI is InChI=1S/C13H19N3O2.ClH/c1-14-8-12(17)15-6-11-4-5-13(16-7-11)18-9-10-2-3-10;/h4-5,7,10,14H,2-3,6,8-9H2,1H3,(H,15,17);1H. The molecule has 0 bridgehead atoms. The number of likely N-dealkylation sites (N-methyl/N-ethyl adjacent to an activating group) is 1. The van der Waals surface area contributed by atoms with Crippen LogP contribution in [0, 0.1) is 5.92 Å². The Hall–Kier alpha value is -1.33. The van der Waals surface area contributed by atoms with Crippen molar-refractivity contribution in [2.45, 2.75) is 19.4 Å². The molecule has 0 aliphatic heterocycles. The highest BCUT2D eigenvalue weighted by Gasteiger charge is 2.21. The van der Waals surface area contributed by atoms with E-state index in [4.69, 9.17) is 4.74 Å². The van der Waals surface area contributed by atoms with Crippen molar-refractivity contribution >= 4 is 18.3 Å². The summed E-state index contributed by atoms with van der Waals surface area (Å²) in [5.74, 6) is 1.37. The number of aromatic nitrogens is 1. The van der Waals surface area contributed by atoms with Crippen molar-refractivity contribution < 1.29 is 9.53 Å². The number of carbonyl (C=O) groups is 1. The summed E-state index contributed by atoms with van der Waals surface area (Å²) in [5.41, 5.74) is 0.971. The molecule has 1 heterocycles. The van der Waals surface area contributed by atoms with E-state index in [1.54, 1.807) is 13.2 Å². The number of nitrogens with one attached hydrogen (secondary N) is 2. The molecule has 1 saturated carbocycles. The van der Waals surface area contributed by atoms with E-state index in [0.29, 0.717) is 19.0 Å². The Kier molecular flexibility index (Phi) is 6.59. The van der Waals surface area contributed by atoms with Gasteiger partial charge in [-0.1, -0.05) is 6.07 Å². The number of halogens is 1. The van der Waals surface area contributed by atoms with E-state index < -0.39 is 0 Å². The van der Waals surface area contributed by atoms with Crippen molar-refractivity contribution in [3.05, 3.63) is 23.9 Å². The van der Waals surface area contributed by atoms with Gasteiger partial charge in [-0.25, -0.2) is 4.98 Å². The average molecular weight is 286 g/mol. The van der Waals surface area contributed by atoms with Crippen LogP contribution in [0.1, 0.15) is 18.4 Å². The summed E-state index contributed by atoms with van der Waals surface area (Å²) in [6.07, 6.45) is 4.28. The molecule has 6 heteroatoms. The quantitative estimate of drug-likeness (QED) is 0.788. The van der Waals surface area contributed by atoms with Gasteiger partial charge < -0.3 is 15.4 Å². The third-order valence-corrected chi connectivity index (χ3v) is 2.79. The zero-order chi connectivity index (χ0) is 12.8. The van der Waals surface area contributed by atoms with Crippen LogP contribution in [0.3, 0.4) is 0 Å². The minimum Gasteiger partial charge on any atom is -0.477 e. The van der Waals surface area contributed by atoms with E-state index in [1.165, 1.54) is 12.8 Å². The first-order valence-electron chi connectivity index (χ1n) is 6.27. The zero-order valence-electron chi connectivity index (χ0n) is 11.0. The van der Waals surface area contributed by atoms with Gasteiger partial charge in [0.1, 0.15) is 0 Å². The molecule has 0 atom stereocenters. The summed E-state index contributed by atoms with van der Waals surface area (Å²) >= 11 is 0. The highest BCUT2D eigenvalue weighted by atomic mass is 35.5. The topological polar surface area (TPSA) is 63.2 Å². The molecular weight excluding hydrogens is 266 g/mol. The number of carbonyl (C=O) groups excluding carboxylic acids is 1. The lowest BCUT2D eigenvalue weighted by molar-refractivity contribution is -0.120. The number of rotatable bonds is 7. The normalized spacial score (nSPS) is 13.5. The smallest absolute Gasteiger partial charge is 0.234 e. The molecule has 2 rings (SSSR count). The van der Waals surface area contributed by atoms with Crippen molar-refractivity contribution in [2.75, 3.05) is 20.2 Å². The van der Waals surface area contributed by atoms with Crippen molar-refractivity contribution in [2.24, 2.45) is 5.92 Å². The summed E-state index contributed by atoms with van der Waals surface area (Å²) in [6.45, 7) is 1.59. The summed E-state index contributed by atoms with van der Waals surface area (Å²) < 4.78 is 5.54. The Bertz CT molecular complexity index is 393. The van der Waals surface area contributed by atoms with Crippen molar-refractivity contribution in [3.8, 4) is 5.88 Å². The molecule has 0 aromatic carbocycles. The second-order valence-corrected chi connectivity index (χ2v) is 4.57. The molecule has 1 aliphatic rings. The number of nitrogens with zero attached hydrogens (tertiary/aromatic N) is 1. The zero-order valence-corrected chi connectivity index (χ0v) is 11.8. The SMILES string of the molecule is CNCC(=O)NCc1ccc(OCC2CC2)nc1.Cl. The molecule has 106 valence electrons. The first-order valence-corrected chi connectivity index (χ1v) is 6.27. The van der Waals surface area contributed by atoms with E-state index >= 15 is 0 Å². The maximum Gasteiger partial charge on any atom is 0.234 e. The van der Waals surface area contributed by atoms with Gasteiger partial charge in [0.15, 0.2) is 0 Å². The highest BCUT2D eigenvalue weighted by molar-refractivity contribution is 5.85. The van der Waals surface area contributed by atoms with Crippen LogP contribution in [0.5, 0.6) is 5.88 Å². The Morgan fingerprint density at radius 1 is 1.47 bits per heavy atom. The molecule has 1 aromatic heterocycles. The summed E-state index contributed by atoms with van der Waals surface area (Å²) in [6, 6.07) is 3.77. The van der Waals surface area contributed by atoms with Gasteiger partial charge >= 0.3 is 0 Å². The van der Waals surface area contributed by atoms with Crippen LogP contribution in [-0.2, 0) is 11.3 Å². The third kappa shape index (κ3) is 5.89. The van der Waals surface area contributed by atoms with E-state index in [9.17, 15) is 4.79 Å². The lowest BCUT2D eigenvalue weighted by atomic mass is 10.3. The number of amides is 1. The van der Waals surface area contributed by atoms with E-state index in [1.807, 2.05) is 12.1 Å². The molecule has 1 aliphatic carbocycles. The van der Waals surface area contributed by atoms with Crippen LogP contribution < -0.4 is 15.4 Å². The number of pyridine rings is 1. The van der Waals surface area contributed by atoms with Crippen LogP contribution in [0.4, 0.5) is 0 Å². The third-order valence-electron chi connectivity index (χ3n) is 2.79. The van der Waals surface area contributed by atoms with Crippen LogP contribution in [0.2, 0.25) is 0 Å². The van der Waals surface area contributed by atoms with Crippen molar-refractivity contribution in [1.29, 1.82) is 0 Å². The molecule has 5 nitrogen and oxygen atoms in total. The van der Waals surface area contributed by atoms with Gasteiger partial charge in [-0.3, -0.25) is 4.79 Å². The summed E-state index contributed by atoms with van der Waals surface area (Å²) in [4.78, 5) is 15.5. The maximum absolute atomic E-state index is 11.2. The van der Waals surface area contributed by atoms with Crippen LogP contribution in [0.25, 0.3) is 0 Å². The van der Waals surface area contributed by atoms with Gasteiger partial charge in [0, 0.05) is 18.8 Å². The van der Waals surface area contributed by atoms with Crippen LogP contribution >= 0.6 is 12.4 Å². The monoisotopic (exact) mass is 285 g/mol. The molecule has 1 fully saturated rings. The predicted octanol–water partition coefficient (Wildman–Crippen LogP) is 1.13. The highest BCUT2D eigenvalue weighted by Crippen LogP contribution is 2.29. The van der Waals surface area contributed by atoms with E-state index in [2.05, 4.69) is 15.6 Å². The number of hydrogen-bond acceptors (Lipinski definition) is 4. The van der Waals surface area contributed by atoms with Gasteiger partial charge in [-0.05, 0) is 31.4 Å². The molecule has 0 spiro atoms. The lowest BCUT2D eigenvalue weighted by Crippen LogP contribution is -2.31. The van der Waals surface area contributed by atoms with Crippen LogP contribution in [-0.4, -0.2) is 31.1 Å². The first kappa shape index (κ1) is 15.7. The first-order chi connectivity index (χ1) is 8.78.